The maximum Gasteiger partial charge on any atom is 0.136 e. The molecule has 0 aliphatic heterocycles. The molecular weight excluding hydrogens is 447 g/mol. The molecule has 1 saturated carbocycles. The number of terminal acetylenes is 1. The van der Waals surface area contributed by atoms with Gasteiger partial charge in [-0.05, 0) is 43.0 Å². The summed E-state index contributed by atoms with van der Waals surface area (Å²) < 4.78 is 5.27. The van der Waals surface area contributed by atoms with Gasteiger partial charge in [-0.1, -0.05) is 60.7 Å². The Hall–Kier alpha value is -2.03. The van der Waals surface area contributed by atoms with Crippen LogP contribution in [0.4, 0.5) is 0 Å². The zero-order valence-corrected chi connectivity index (χ0v) is 20.0. The van der Waals surface area contributed by atoms with Gasteiger partial charge < -0.3 is 10.5 Å². The third-order valence-corrected chi connectivity index (χ3v) is 7.27. The van der Waals surface area contributed by atoms with Crippen LogP contribution in [0.3, 0.4) is 0 Å². The fourth-order valence-corrected chi connectivity index (χ4v) is 5.22. The van der Waals surface area contributed by atoms with Crippen LogP contribution in [-0.4, -0.2) is 12.1 Å². The van der Waals surface area contributed by atoms with E-state index in [2.05, 4.69) is 18.1 Å². The van der Waals surface area contributed by atoms with Crippen molar-refractivity contribution in [1.82, 2.24) is 4.98 Å². The van der Waals surface area contributed by atoms with E-state index in [-0.39, 0.29) is 18.3 Å². The SMILES string of the molecule is C#CC(N)(c1nc(-c2ccc(OC)cc2Cl)c(C)s1)[C@@H](CC1CC1)c1ccccc1.Cl. The number of hydrogen-bond donors (Lipinski definition) is 1. The minimum atomic E-state index is -0.976. The summed E-state index contributed by atoms with van der Waals surface area (Å²) in [6.45, 7) is 2.03. The molecule has 1 aliphatic rings. The summed E-state index contributed by atoms with van der Waals surface area (Å²) in [5.41, 5.74) is 8.85. The van der Waals surface area contributed by atoms with E-state index in [1.807, 2.05) is 37.3 Å². The number of hydrogen-bond acceptors (Lipinski definition) is 4. The second-order valence-electron chi connectivity index (χ2n) is 7.93. The molecule has 31 heavy (non-hydrogen) atoms. The fourth-order valence-electron chi connectivity index (χ4n) is 3.91. The van der Waals surface area contributed by atoms with Gasteiger partial charge in [0.05, 0.1) is 17.8 Å². The van der Waals surface area contributed by atoms with Gasteiger partial charge in [0.25, 0.3) is 0 Å². The first-order valence-electron chi connectivity index (χ1n) is 10.1. The Bertz CT molecular complexity index is 1090. The average molecular weight is 473 g/mol. The van der Waals surface area contributed by atoms with Crippen molar-refractivity contribution < 1.29 is 4.74 Å². The number of benzene rings is 2. The lowest BCUT2D eigenvalue weighted by Crippen LogP contribution is -2.41. The van der Waals surface area contributed by atoms with Gasteiger partial charge in [0.1, 0.15) is 16.3 Å². The van der Waals surface area contributed by atoms with Crippen molar-refractivity contribution in [3.63, 3.8) is 0 Å². The summed E-state index contributed by atoms with van der Waals surface area (Å²) >= 11 is 8.08. The van der Waals surface area contributed by atoms with Crippen LogP contribution in [0.25, 0.3) is 11.3 Å². The Morgan fingerprint density at radius 2 is 2.00 bits per heavy atom. The number of nitrogens with zero attached hydrogens (tertiary/aromatic N) is 1. The number of methoxy groups -OCH3 is 1. The van der Waals surface area contributed by atoms with Crippen LogP contribution in [-0.2, 0) is 5.54 Å². The first kappa shape index (κ1) is 23.6. The second kappa shape index (κ2) is 9.63. The van der Waals surface area contributed by atoms with Crippen molar-refractivity contribution in [2.24, 2.45) is 11.7 Å². The predicted octanol–water partition coefficient (Wildman–Crippen LogP) is 6.57. The highest BCUT2D eigenvalue weighted by Gasteiger charge is 2.42. The smallest absolute Gasteiger partial charge is 0.136 e. The van der Waals surface area contributed by atoms with Crippen molar-refractivity contribution in [3.8, 4) is 29.4 Å². The van der Waals surface area contributed by atoms with E-state index in [0.717, 1.165) is 27.6 Å². The molecule has 1 aliphatic carbocycles. The molecular formula is C25H26Cl2N2OS. The minimum Gasteiger partial charge on any atom is -0.497 e. The van der Waals surface area contributed by atoms with Gasteiger partial charge in [0.2, 0.25) is 0 Å². The Kier molecular flexibility index (Phi) is 7.34. The quantitative estimate of drug-likeness (QED) is 0.395. The van der Waals surface area contributed by atoms with Crippen molar-refractivity contribution in [2.45, 2.75) is 37.6 Å². The molecule has 0 radical (unpaired) electrons. The molecule has 3 aromatic rings. The van der Waals surface area contributed by atoms with Gasteiger partial charge in [0.15, 0.2) is 0 Å². The van der Waals surface area contributed by atoms with Crippen LogP contribution in [0.2, 0.25) is 5.02 Å². The van der Waals surface area contributed by atoms with Gasteiger partial charge in [-0.25, -0.2) is 4.98 Å². The molecule has 4 rings (SSSR count). The summed E-state index contributed by atoms with van der Waals surface area (Å²) in [4.78, 5) is 5.98. The molecule has 1 aromatic heterocycles. The molecule has 6 heteroatoms. The molecule has 3 nitrogen and oxygen atoms in total. The number of aromatic nitrogens is 1. The normalized spacial score (nSPS) is 16.0. The summed E-state index contributed by atoms with van der Waals surface area (Å²) in [6.07, 6.45) is 9.55. The molecule has 1 heterocycles. The molecule has 2 aromatic carbocycles. The van der Waals surface area contributed by atoms with E-state index < -0.39 is 5.54 Å². The molecule has 0 saturated heterocycles. The first-order chi connectivity index (χ1) is 14.5. The van der Waals surface area contributed by atoms with Gasteiger partial charge >= 0.3 is 0 Å². The van der Waals surface area contributed by atoms with E-state index in [4.69, 9.17) is 33.5 Å². The topological polar surface area (TPSA) is 48.1 Å². The largest absolute Gasteiger partial charge is 0.497 e. The highest BCUT2D eigenvalue weighted by molar-refractivity contribution is 7.12. The first-order valence-corrected chi connectivity index (χ1v) is 11.3. The maximum absolute atomic E-state index is 6.97. The Balaban J connectivity index is 0.00000272. The summed E-state index contributed by atoms with van der Waals surface area (Å²) in [5, 5.41) is 1.36. The van der Waals surface area contributed by atoms with E-state index in [1.165, 1.54) is 18.4 Å². The van der Waals surface area contributed by atoms with Crippen LogP contribution in [0.15, 0.2) is 48.5 Å². The zero-order chi connectivity index (χ0) is 21.3. The summed E-state index contributed by atoms with van der Waals surface area (Å²) in [6, 6.07) is 16.0. The number of aryl methyl sites for hydroxylation is 1. The standard InChI is InChI=1S/C25H25ClN2OS.ClH/c1-4-25(27,21(14-17-10-11-17)18-8-6-5-7-9-18)24-28-23(16(2)30-24)20-13-12-19(29-3)15-22(20)26;/h1,5-9,12-13,15,17,21H,10-11,14,27H2,2-3H3;1H/t21-,25?;/m0./s1. The van der Waals surface area contributed by atoms with Gasteiger partial charge in [0, 0.05) is 16.4 Å². The molecule has 1 unspecified atom stereocenters. The molecule has 0 bridgehead atoms. The van der Waals surface area contributed by atoms with Crippen LogP contribution in [0.1, 0.15) is 40.6 Å². The third kappa shape index (κ3) is 4.76. The van der Waals surface area contributed by atoms with Crippen molar-refractivity contribution >= 4 is 35.3 Å². The van der Waals surface area contributed by atoms with E-state index >= 15 is 0 Å². The minimum absolute atomic E-state index is 0. The van der Waals surface area contributed by atoms with E-state index in [9.17, 15) is 0 Å². The number of halogens is 2. The number of rotatable bonds is 7. The molecule has 2 atom stereocenters. The molecule has 2 N–H and O–H groups in total. The summed E-state index contributed by atoms with van der Waals surface area (Å²) in [5.74, 6) is 4.33. The monoisotopic (exact) mass is 472 g/mol. The Morgan fingerprint density at radius 3 is 2.58 bits per heavy atom. The highest BCUT2D eigenvalue weighted by Crippen LogP contribution is 2.47. The van der Waals surface area contributed by atoms with Crippen molar-refractivity contribution in [3.05, 3.63) is 69.0 Å². The predicted molar refractivity (Wildman–Crippen MR) is 132 cm³/mol. The number of ether oxygens (including phenoxy) is 1. The molecule has 0 amide bonds. The van der Waals surface area contributed by atoms with Gasteiger partial charge in [-0.3, -0.25) is 0 Å². The van der Waals surface area contributed by atoms with Gasteiger partial charge in [-0.15, -0.1) is 30.2 Å². The molecule has 0 spiro atoms. The lowest BCUT2D eigenvalue weighted by molar-refractivity contribution is 0.410. The highest BCUT2D eigenvalue weighted by atomic mass is 35.5. The van der Waals surface area contributed by atoms with Gasteiger partial charge in [-0.2, -0.15) is 0 Å². The van der Waals surface area contributed by atoms with Crippen LogP contribution in [0, 0.1) is 25.2 Å². The van der Waals surface area contributed by atoms with Crippen LogP contribution >= 0.6 is 35.3 Å². The average Bonchev–Trinajstić information content (AvgIpc) is 3.51. The van der Waals surface area contributed by atoms with Crippen molar-refractivity contribution in [1.29, 1.82) is 0 Å². The van der Waals surface area contributed by atoms with Crippen LogP contribution in [0.5, 0.6) is 5.75 Å². The van der Waals surface area contributed by atoms with Crippen LogP contribution < -0.4 is 10.5 Å². The van der Waals surface area contributed by atoms with Crippen molar-refractivity contribution in [2.75, 3.05) is 7.11 Å². The zero-order valence-electron chi connectivity index (χ0n) is 17.6. The molecule has 1 fully saturated rings. The second-order valence-corrected chi connectivity index (χ2v) is 9.54. The maximum atomic E-state index is 6.97. The lowest BCUT2D eigenvalue weighted by Gasteiger charge is -2.32. The van der Waals surface area contributed by atoms with E-state index in [0.29, 0.717) is 16.7 Å². The lowest BCUT2D eigenvalue weighted by atomic mass is 9.77. The third-order valence-electron chi connectivity index (χ3n) is 5.84. The Labute approximate surface area is 199 Å². The number of thiazole rings is 1. The Morgan fingerprint density at radius 1 is 1.29 bits per heavy atom. The summed E-state index contributed by atoms with van der Waals surface area (Å²) in [7, 11) is 1.62. The molecule has 162 valence electrons. The fraction of sp³-hybridized carbons (Fsp3) is 0.320. The van der Waals surface area contributed by atoms with E-state index in [1.54, 1.807) is 24.5 Å². The number of nitrogens with two attached hydrogens (primary N) is 1.